The third kappa shape index (κ3) is 4.50. The molecule has 3 nitrogen and oxygen atoms in total. The molecule has 8 aromatic carbocycles. The summed E-state index contributed by atoms with van der Waals surface area (Å²) in [4.78, 5) is 0. The summed E-state index contributed by atoms with van der Waals surface area (Å²) in [7, 11) is 0. The quantitative estimate of drug-likeness (QED) is 0.178. The minimum atomic E-state index is -6.23. The van der Waals surface area contributed by atoms with Crippen molar-refractivity contribution >= 4 is 50.8 Å². The molecule has 0 amide bonds. The van der Waals surface area contributed by atoms with Gasteiger partial charge >= 0.3 is 258 Å². The van der Waals surface area contributed by atoms with Crippen molar-refractivity contribution in [3.05, 3.63) is 170 Å². The Labute approximate surface area is 257 Å². The molecule has 0 atom stereocenters. The first-order valence-electron chi connectivity index (χ1n) is 14.8. The summed E-state index contributed by atoms with van der Waals surface area (Å²) in [5.74, 6) is 0.968. The van der Waals surface area contributed by atoms with Crippen LogP contribution in [0.4, 0.5) is 0 Å². The monoisotopic (exact) mass is 604 g/mol. The van der Waals surface area contributed by atoms with E-state index in [4.69, 9.17) is 6.64 Å². The van der Waals surface area contributed by atoms with Crippen molar-refractivity contribution in [2.24, 2.45) is 0 Å². The van der Waals surface area contributed by atoms with Gasteiger partial charge in [0.25, 0.3) is 0 Å². The number of hydrogen-bond donors (Lipinski definition) is 0. The molecule has 0 aliphatic heterocycles. The molecule has 0 aliphatic carbocycles. The van der Waals surface area contributed by atoms with Gasteiger partial charge in [-0.25, -0.2) is 0 Å². The van der Waals surface area contributed by atoms with Gasteiger partial charge in [0.2, 0.25) is 0 Å². The standard InChI is InChI=1S/2C10H8O.2C10H7.O.Ti/c2*11-10-6-5-8-3-1-2-4-9(8)7-10;2*1-2-6-10-8-4-3-7-9(10)5-1;;/h2*1-7,11H;2*1-3,5-8H;;/q;;;;;+2/p-2. The second-order valence-corrected chi connectivity index (χ2v) is 16.9. The van der Waals surface area contributed by atoms with Crippen LogP contribution < -0.4 is 14.4 Å². The molecule has 0 N–H and O–H groups in total. The first-order valence-corrected chi connectivity index (χ1v) is 18.3. The molecule has 0 aliphatic rings. The predicted molar refractivity (Wildman–Crippen MR) is 177 cm³/mol. The SMILES string of the molecule is [O]=[Ti]([O]c1ccc2ccccc2c1)([O]c1ccc2ccccc2c1)([c]1ccc2ccccc2c1)[c]1ccc2ccccc2c1. The number of hydrogen-bond acceptors (Lipinski definition) is 3. The van der Waals surface area contributed by atoms with Crippen molar-refractivity contribution in [1.29, 1.82) is 0 Å². The van der Waals surface area contributed by atoms with Crippen LogP contribution in [0, 0.1) is 0 Å². The number of fused-ring (bicyclic) bond motifs is 4. The molecular formula is C40H28O3Ti. The summed E-state index contributed by atoms with van der Waals surface area (Å²) in [6.45, 7) is 0. The van der Waals surface area contributed by atoms with Crippen molar-refractivity contribution in [3.63, 3.8) is 0 Å². The van der Waals surface area contributed by atoms with E-state index in [1.165, 1.54) is 0 Å². The zero-order chi connectivity index (χ0) is 29.6. The van der Waals surface area contributed by atoms with Gasteiger partial charge in [-0.2, -0.15) is 0 Å². The fourth-order valence-corrected chi connectivity index (χ4v) is 11.7. The van der Waals surface area contributed by atoms with Crippen molar-refractivity contribution in [3.8, 4) is 11.5 Å². The topological polar surface area (TPSA) is 35.5 Å². The molecule has 0 aromatic heterocycles. The molecule has 0 bridgehead atoms. The molecule has 0 radical (unpaired) electrons. The van der Waals surface area contributed by atoms with Gasteiger partial charge in [-0.05, 0) is 0 Å². The van der Waals surface area contributed by atoms with Crippen LogP contribution in [0.15, 0.2) is 170 Å². The third-order valence-corrected chi connectivity index (χ3v) is 14.5. The Morgan fingerprint density at radius 2 is 0.614 bits per heavy atom. The molecule has 8 rings (SSSR count). The van der Waals surface area contributed by atoms with Crippen molar-refractivity contribution < 1.29 is 26.0 Å². The van der Waals surface area contributed by atoms with Crippen molar-refractivity contribution in [1.82, 2.24) is 0 Å². The van der Waals surface area contributed by atoms with Crippen LogP contribution in [0.3, 0.4) is 0 Å². The fraction of sp³-hybridized carbons (Fsp3) is 0. The van der Waals surface area contributed by atoms with Gasteiger partial charge in [-0.1, -0.05) is 0 Å². The average molecular weight is 605 g/mol. The van der Waals surface area contributed by atoms with Gasteiger partial charge in [-0.15, -0.1) is 0 Å². The Hall–Kier alpha value is -5.09. The van der Waals surface area contributed by atoms with Crippen molar-refractivity contribution in [2.45, 2.75) is 0 Å². The molecule has 0 heterocycles. The number of benzene rings is 8. The maximum absolute atomic E-state index is 16.7. The Bertz CT molecular complexity index is 2260. The Kier molecular flexibility index (Phi) is 6.20. The van der Waals surface area contributed by atoms with Crippen LogP contribution in [0.1, 0.15) is 0 Å². The molecule has 0 saturated carbocycles. The third-order valence-electron chi connectivity index (χ3n) is 8.54. The van der Waals surface area contributed by atoms with E-state index in [9.17, 15) is 0 Å². The van der Waals surface area contributed by atoms with Crippen LogP contribution >= 0.6 is 0 Å². The van der Waals surface area contributed by atoms with Gasteiger partial charge in [0.1, 0.15) is 0 Å². The van der Waals surface area contributed by atoms with E-state index in [2.05, 4.69) is 24.3 Å². The van der Waals surface area contributed by atoms with E-state index < -0.39 is 16.1 Å². The second kappa shape index (κ2) is 10.3. The summed E-state index contributed by atoms with van der Waals surface area (Å²) in [5.41, 5.74) is 0. The maximum atomic E-state index is 16.7. The summed E-state index contributed by atoms with van der Waals surface area (Å²) in [6, 6.07) is 55.7. The van der Waals surface area contributed by atoms with Gasteiger partial charge in [0.15, 0.2) is 0 Å². The van der Waals surface area contributed by atoms with E-state index in [0.29, 0.717) is 19.2 Å². The molecule has 44 heavy (non-hydrogen) atoms. The number of rotatable bonds is 6. The summed E-state index contributed by atoms with van der Waals surface area (Å²) in [6.07, 6.45) is 0. The zero-order valence-corrected chi connectivity index (χ0v) is 25.5. The molecule has 210 valence electrons. The normalized spacial score (nSPS) is 12.1. The Morgan fingerprint density at radius 1 is 0.318 bits per heavy atom. The van der Waals surface area contributed by atoms with E-state index in [0.717, 1.165) is 43.1 Å². The summed E-state index contributed by atoms with van der Waals surface area (Å²) < 4.78 is 31.8. The minimum absolute atomic E-state index is 0.484. The Balaban J connectivity index is 1.44. The van der Waals surface area contributed by atoms with Crippen LogP contribution in [0.5, 0.6) is 11.5 Å². The summed E-state index contributed by atoms with van der Waals surface area (Å²) in [5, 5.41) is 8.15. The first kappa shape index (κ1) is 26.5. The van der Waals surface area contributed by atoms with Crippen LogP contribution in [-0.4, -0.2) is 0 Å². The molecule has 0 spiro atoms. The first-order chi connectivity index (χ1) is 21.5. The molecule has 8 aromatic rings. The molecule has 0 unspecified atom stereocenters. The van der Waals surface area contributed by atoms with Gasteiger partial charge < -0.3 is 0 Å². The Morgan fingerprint density at radius 3 is 0.977 bits per heavy atom. The van der Waals surface area contributed by atoms with Crippen molar-refractivity contribution in [2.75, 3.05) is 0 Å². The molecular weight excluding hydrogens is 576 g/mol. The van der Waals surface area contributed by atoms with Gasteiger partial charge in [0, 0.05) is 0 Å². The van der Waals surface area contributed by atoms with Crippen LogP contribution in [-0.2, 0) is 19.4 Å². The zero-order valence-electron chi connectivity index (χ0n) is 23.9. The molecule has 0 saturated heterocycles. The van der Waals surface area contributed by atoms with E-state index in [-0.39, 0.29) is 0 Å². The summed E-state index contributed by atoms with van der Waals surface area (Å²) >= 11 is -6.23. The van der Waals surface area contributed by atoms with E-state index >= 15 is 3.32 Å². The van der Waals surface area contributed by atoms with E-state index in [1.54, 1.807) is 0 Å². The second-order valence-electron chi connectivity index (χ2n) is 11.3. The van der Waals surface area contributed by atoms with E-state index in [1.807, 2.05) is 146 Å². The molecule has 0 fully saturated rings. The average Bonchev–Trinajstić information content (AvgIpc) is 3.08. The molecule has 4 heteroatoms. The van der Waals surface area contributed by atoms with Crippen LogP contribution in [0.25, 0.3) is 43.1 Å². The predicted octanol–water partition coefficient (Wildman–Crippen LogP) is 9.27. The van der Waals surface area contributed by atoms with Crippen LogP contribution in [0.2, 0.25) is 0 Å². The van der Waals surface area contributed by atoms with Gasteiger partial charge in [0.05, 0.1) is 0 Å². The van der Waals surface area contributed by atoms with Gasteiger partial charge in [-0.3, -0.25) is 0 Å². The fourth-order valence-electron chi connectivity index (χ4n) is 6.23.